The predicted molar refractivity (Wildman–Crippen MR) is 42.1 cm³/mol. The van der Waals surface area contributed by atoms with E-state index in [0.717, 1.165) is 6.54 Å². The van der Waals surface area contributed by atoms with Crippen LogP contribution in [0.15, 0.2) is 0 Å². The Kier molecular flexibility index (Phi) is 1.15. The first-order valence-electron chi connectivity index (χ1n) is 4.04. The fraction of sp³-hybridized carbons (Fsp3) is 0.875. The van der Waals surface area contributed by atoms with Gasteiger partial charge in [0.05, 0.1) is 6.04 Å². The summed E-state index contributed by atoms with van der Waals surface area (Å²) in [6.07, 6.45) is 0. The summed E-state index contributed by atoms with van der Waals surface area (Å²) in [5.74, 6) is 0.251. The van der Waals surface area contributed by atoms with Crippen LogP contribution in [-0.2, 0) is 4.79 Å². The van der Waals surface area contributed by atoms with Crippen LogP contribution in [0, 0.1) is 5.41 Å². The van der Waals surface area contributed by atoms with Crippen LogP contribution < -0.4 is 5.32 Å². The van der Waals surface area contributed by atoms with E-state index < -0.39 is 0 Å². The molecule has 0 spiro atoms. The molecule has 11 heavy (non-hydrogen) atoms. The summed E-state index contributed by atoms with van der Waals surface area (Å²) >= 11 is 0. The van der Waals surface area contributed by atoms with Gasteiger partial charge in [-0.25, -0.2) is 0 Å². The van der Waals surface area contributed by atoms with Gasteiger partial charge in [-0.2, -0.15) is 0 Å². The molecule has 2 heterocycles. The Morgan fingerprint density at radius 3 is 2.82 bits per heavy atom. The van der Waals surface area contributed by atoms with E-state index in [0.29, 0.717) is 6.04 Å². The molecule has 0 bridgehead atoms. The number of fused-ring (bicyclic) bond motifs is 1. The highest BCUT2D eigenvalue weighted by Gasteiger charge is 2.56. The summed E-state index contributed by atoms with van der Waals surface area (Å²) in [5, 5.41) is 3.24. The average molecular weight is 154 g/mol. The first-order chi connectivity index (χ1) is 5.04. The highest BCUT2D eigenvalue weighted by molar-refractivity contribution is 5.90. The van der Waals surface area contributed by atoms with Crippen molar-refractivity contribution in [2.75, 3.05) is 13.6 Å². The van der Waals surface area contributed by atoms with Gasteiger partial charge >= 0.3 is 0 Å². The molecule has 62 valence electrons. The van der Waals surface area contributed by atoms with Crippen molar-refractivity contribution in [1.29, 1.82) is 0 Å². The van der Waals surface area contributed by atoms with Gasteiger partial charge in [-0.3, -0.25) is 4.79 Å². The van der Waals surface area contributed by atoms with Crippen LogP contribution in [0.2, 0.25) is 0 Å². The molecule has 3 nitrogen and oxygen atoms in total. The van der Waals surface area contributed by atoms with Crippen molar-refractivity contribution >= 4 is 5.91 Å². The SMILES string of the molecule is CN1C(=O)C2NCC(C)(C)C21. The number of β-lactam (4-membered cyclic amide) rings is 1. The van der Waals surface area contributed by atoms with Crippen molar-refractivity contribution in [3.05, 3.63) is 0 Å². The molecular formula is C8H14N2O. The number of likely N-dealkylation sites (tertiary alicyclic amines) is 1. The van der Waals surface area contributed by atoms with Gasteiger partial charge in [-0.05, 0) is 5.41 Å². The van der Waals surface area contributed by atoms with Crippen LogP contribution in [0.4, 0.5) is 0 Å². The van der Waals surface area contributed by atoms with Crippen LogP contribution in [0.25, 0.3) is 0 Å². The van der Waals surface area contributed by atoms with E-state index in [-0.39, 0.29) is 17.4 Å². The maximum atomic E-state index is 11.2. The molecule has 0 saturated carbocycles. The van der Waals surface area contributed by atoms with Crippen LogP contribution in [0.1, 0.15) is 13.8 Å². The van der Waals surface area contributed by atoms with Gasteiger partial charge in [-0.15, -0.1) is 0 Å². The number of nitrogens with zero attached hydrogens (tertiary/aromatic N) is 1. The molecule has 1 amide bonds. The third-order valence-electron chi connectivity index (χ3n) is 2.92. The van der Waals surface area contributed by atoms with E-state index in [1.165, 1.54) is 0 Å². The number of amides is 1. The molecule has 2 aliphatic rings. The smallest absolute Gasteiger partial charge is 0.241 e. The van der Waals surface area contributed by atoms with Crippen LogP contribution in [-0.4, -0.2) is 36.5 Å². The second kappa shape index (κ2) is 1.78. The molecule has 0 aromatic rings. The average Bonchev–Trinajstić information content (AvgIpc) is 2.21. The number of rotatable bonds is 0. The fourth-order valence-corrected chi connectivity index (χ4v) is 2.28. The minimum Gasteiger partial charge on any atom is -0.339 e. The Morgan fingerprint density at radius 1 is 1.64 bits per heavy atom. The zero-order valence-corrected chi connectivity index (χ0v) is 7.22. The van der Waals surface area contributed by atoms with Gasteiger partial charge in [0.25, 0.3) is 0 Å². The van der Waals surface area contributed by atoms with Gasteiger partial charge < -0.3 is 10.2 Å². The largest absolute Gasteiger partial charge is 0.339 e. The van der Waals surface area contributed by atoms with Gasteiger partial charge in [0.15, 0.2) is 0 Å². The maximum Gasteiger partial charge on any atom is 0.241 e. The summed E-state index contributed by atoms with van der Waals surface area (Å²) in [6, 6.07) is 0.546. The van der Waals surface area contributed by atoms with Crippen molar-refractivity contribution in [2.24, 2.45) is 5.41 Å². The zero-order chi connectivity index (χ0) is 8.22. The van der Waals surface area contributed by atoms with Gasteiger partial charge in [0.1, 0.15) is 6.04 Å². The summed E-state index contributed by atoms with van der Waals surface area (Å²) in [6.45, 7) is 5.36. The minimum absolute atomic E-state index is 0.120. The monoisotopic (exact) mass is 154 g/mol. The molecular weight excluding hydrogens is 140 g/mol. The van der Waals surface area contributed by atoms with Crippen LogP contribution >= 0.6 is 0 Å². The lowest BCUT2D eigenvalue weighted by Gasteiger charge is -2.45. The second-order valence-electron chi connectivity index (χ2n) is 4.24. The van der Waals surface area contributed by atoms with E-state index in [9.17, 15) is 4.79 Å². The van der Waals surface area contributed by atoms with E-state index in [2.05, 4.69) is 19.2 Å². The predicted octanol–water partition coefficient (Wildman–Crippen LogP) is -0.175. The summed E-state index contributed by atoms with van der Waals surface area (Å²) < 4.78 is 0. The van der Waals surface area contributed by atoms with Gasteiger partial charge in [0.2, 0.25) is 5.91 Å². The van der Waals surface area contributed by atoms with Crippen molar-refractivity contribution in [1.82, 2.24) is 10.2 Å². The molecule has 0 aliphatic carbocycles. The van der Waals surface area contributed by atoms with Gasteiger partial charge in [-0.1, -0.05) is 13.8 Å². The molecule has 0 aromatic carbocycles. The lowest BCUT2D eigenvalue weighted by Crippen LogP contribution is -2.66. The molecule has 2 atom stereocenters. The maximum absolute atomic E-state index is 11.2. The van der Waals surface area contributed by atoms with E-state index >= 15 is 0 Å². The molecule has 2 fully saturated rings. The highest BCUT2D eigenvalue weighted by Crippen LogP contribution is 2.38. The molecule has 0 radical (unpaired) electrons. The fourth-order valence-electron chi connectivity index (χ4n) is 2.28. The summed E-state index contributed by atoms with van der Waals surface area (Å²) in [7, 11) is 1.89. The number of nitrogens with one attached hydrogen (secondary N) is 1. The Hall–Kier alpha value is -0.570. The third-order valence-corrected chi connectivity index (χ3v) is 2.92. The third kappa shape index (κ3) is 0.692. The van der Waals surface area contributed by atoms with E-state index in [4.69, 9.17) is 0 Å². The second-order valence-corrected chi connectivity index (χ2v) is 4.24. The highest BCUT2D eigenvalue weighted by atomic mass is 16.2. The first-order valence-corrected chi connectivity index (χ1v) is 4.04. The van der Waals surface area contributed by atoms with E-state index in [1.54, 1.807) is 0 Å². The van der Waals surface area contributed by atoms with Crippen molar-refractivity contribution in [3.63, 3.8) is 0 Å². The molecule has 2 unspecified atom stereocenters. The Morgan fingerprint density at radius 2 is 2.27 bits per heavy atom. The Labute approximate surface area is 66.8 Å². The zero-order valence-electron chi connectivity index (χ0n) is 7.22. The summed E-state index contributed by atoms with van der Waals surface area (Å²) in [4.78, 5) is 13.0. The van der Waals surface area contributed by atoms with Crippen LogP contribution in [0.5, 0.6) is 0 Å². The summed E-state index contributed by atoms with van der Waals surface area (Å²) in [5.41, 5.74) is 0.257. The molecule has 3 heteroatoms. The number of carbonyl (C=O) groups is 1. The standard InChI is InChI=1S/C8H14N2O/c1-8(2)4-9-5-6(8)10(3)7(5)11/h5-6,9H,4H2,1-3H3. The van der Waals surface area contributed by atoms with E-state index in [1.807, 2.05) is 11.9 Å². The molecule has 2 rings (SSSR count). The Bertz CT molecular complexity index is 212. The topological polar surface area (TPSA) is 32.3 Å². The van der Waals surface area contributed by atoms with Crippen molar-refractivity contribution in [3.8, 4) is 0 Å². The number of hydrogen-bond acceptors (Lipinski definition) is 2. The quantitative estimate of drug-likeness (QED) is 0.491. The number of carbonyl (C=O) groups excluding carboxylic acids is 1. The van der Waals surface area contributed by atoms with Crippen molar-refractivity contribution < 1.29 is 4.79 Å². The first kappa shape index (κ1) is 7.10. The number of hydrogen-bond donors (Lipinski definition) is 1. The Balaban J connectivity index is 2.23. The lowest BCUT2D eigenvalue weighted by atomic mass is 9.79. The van der Waals surface area contributed by atoms with Crippen molar-refractivity contribution in [2.45, 2.75) is 25.9 Å². The number of likely N-dealkylation sites (N-methyl/N-ethyl adjacent to an activating group) is 1. The van der Waals surface area contributed by atoms with Crippen LogP contribution in [0.3, 0.4) is 0 Å². The normalized spacial score (nSPS) is 40.3. The lowest BCUT2D eigenvalue weighted by molar-refractivity contribution is -0.149. The van der Waals surface area contributed by atoms with Gasteiger partial charge in [0, 0.05) is 13.6 Å². The minimum atomic E-state index is 0.120. The molecule has 2 aliphatic heterocycles. The molecule has 1 N–H and O–H groups in total. The molecule has 0 aromatic heterocycles. The molecule has 2 saturated heterocycles.